The number of hydrogen-bond donors (Lipinski definition) is 2. The monoisotopic (exact) mass is 476 g/mol. The van der Waals surface area contributed by atoms with Crippen LogP contribution in [0.4, 0.5) is 5.88 Å². The molecule has 32 heavy (non-hydrogen) atoms. The highest BCUT2D eigenvalue weighted by molar-refractivity contribution is 7.99. The number of hydrogen-bond acceptors (Lipinski definition) is 7. The lowest BCUT2D eigenvalue weighted by atomic mass is 10.1. The molecule has 3 aromatic rings. The number of primary amides is 1. The van der Waals surface area contributed by atoms with E-state index in [0.717, 1.165) is 11.3 Å². The molecule has 0 aliphatic rings. The van der Waals surface area contributed by atoms with Crippen molar-refractivity contribution in [2.24, 2.45) is 5.73 Å². The number of carbonyl (C=O) groups excluding carboxylic acids is 3. The number of imidazole rings is 1. The Morgan fingerprint density at radius 1 is 1.28 bits per heavy atom. The molecule has 3 N–H and O–H groups in total. The van der Waals surface area contributed by atoms with E-state index in [2.05, 4.69) is 10.3 Å². The van der Waals surface area contributed by atoms with Gasteiger partial charge in [0.05, 0.1) is 18.0 Å². The van der Waals surface area contributed by atoms with Crippen LogP contribution in [0.5, 0.6) is 0 Å². The molecule has 0 saturated carbocycles. The molecule has 0 unspecified atom stereocenters. The number of nitrogens with one attached hydrogen (secondary N) is 1. The number of aromatic nitrogens is 2. The Balaban J connectivity index is 1.77. The number of furan rings is 1. The highest BCUT2D eigenvalue weighted by atomic mass is 35.5. The lowest BCUT2D eigenvalue weighted by Crippen LogP contribution is -2.21. The van der Waals surface area contributed by atoms with E-state index in [1.165, 1.54) is 18.7 Å². The molecule has 0 atom stereocenters. The minimum absolute atomic E-state index is 0.0384. The fourth-order valence-corrected chi connectivity index (χ4v) is 3.98. The molecule has 3 rings (SSSR count). The van der Waals surface area contributed by atoms with Crippen LogP contribution in [-0.4, -0.2) is 39.7 Å². The van der Waals surface area contributed by atoms with Gasteiger partial charge in [-0.1, -0.05) is 29.4 Å². The number of benzene rings is 1. The van der Waals surface area contributed by atoms with Crippen molar-refractivity contribution in [2.45, 2.75) is 25.9 Å². The van der Waals surface area contributed by atoms with Crippen molar-refractivity contribution < 1.29 is 23.5 Å². The molecule has 168 valence electrons. The molecule has 0 bridgehead atoms. The number of ether oxygens (including phenoxy) is 1. The van der Waals surface area contributed by atoms with Crippen molar-refractivity contribution in [2.75, 3.05) is 17.7 Å². The van der Waals surface area contributed by atoms with Gasteiger partial charge in [-0.15, -0.1) is 0 Å². The maximum atomic E-state index is 12.5. The van der Waals surface area contributed by atoms with Gasteiger partial charge in [0.25, 0.3) is 5.91 Å². The smallest absolute Gasteiger partial charge is 0.342 e. The molecule has 1 aromatic carbocycles. The summed E-state index contributed by atoms with van der Waals surface area (Å²) in [5, 5.41) is 3.69. The van der Waals surface area contributed by atoms with Gasteiger partial charge in [-0.2, -0.15) is 0 Å². The molecular formula is C21H21ClN4O5S. The number of halogens is 1. The summed E-state index contributed by atoms with van der Waals surface area (Å²) in [4.78, 5) is 40.9. The maximum absolute atomic E-state index is 12.5. The second-order valence-corrected chi connectivity index (χ2v) is 7.97. The van der Waals surface area contributed by atoms with Crippen molar-refractivity contribution in [3.63, 3.8) is 0 Å². The van der Waals surface area contributed by atoms with E-state index < -0.39 is 17.8 Å². The summed E-state index contributed by atoms with van der Waals surface area (Å²) in [6.07, 6.45) is 3.39. The number of aryl methyl sites for hydroxylation is 1. The summed E-state index contributed by atoms with van der Waals surface area (Å²) in [6, 6.07) is 5.52. The number of amides is 2. The number of esters is 1. The van der Waals surface area contributed by atoms with Crippen molar-refractivity contribution in [3.05, 3.63) is 58.1 Å². The summed E-state index contributed by atoms with van der Waals surface area (Å²) >= 11 is 7.39. The molecule has 2 amide bonds. The van der Waals surface area contributed by atoms with E-state index in [-0.39, 0.29) is 35.1 Å². The number of thioether (sulfide) groups is 1. The van der Waals surface area contributed by atoms with Crippen LogP contribution >= 0.6 is 23.4 Å². The molecule has 0 fully saturated rings. The van der Waals surface area contributed by atoms with Gasteiger partial charge in [-0.05, 0) is 38.5 Å². The summed E-state index contributed by atoms with van der Waals surface area (Å²) in [6.45, 7) is 5.11. The van der Waals surface area contributed by atoms with Crippen LogP contribution in [0.1, 0.15) is 39.0 Å². The first-order chi connectivity index (χ1) is 15.2. The van der Waals surface area contributed by atoms with Gasteiger partial charge in [-0.25, -0.2) is 9.78 Å². The molecule has 2 heterocycles. The molecule has 0 aliphatic heterocycles. The average molecular weight is 477 g/mol. The first kappa shape index (κ1) is 23.4. The highest BCUT2D eigenvalue weighted by Gasteiger charge is 2.29. The third kappa shape index (κ3) is 4.81. The van der Waals surface area contributed by atoms with Gasteiger partial charge < -0.3 is 14.9 Å². The third-order valence-electron chi connectivity index (χ3n) is 4.50. The highest BCUT2D eigenvalue weighted by Crippen LogP contribution is 2.29. The lowest BCUT2D eigenvalue weighted by molar-refractivity contribution is -0.113. The molecule has 0 aliphatic carbocycles. The van der Waals surface area contributed by atoms with E-state index in [0.29, 0.717) is 10.2 Å². The number of nitrogens with zero attached hydrogens (tertiary/aromatic N) is 2. The maximum Gasteiger partial charge on any atom is 0.342 e. The Kier molecular flexibility index (Phi) is 7.26. The van der Waals surface area contributed by atoms with Gasteiger partial charge >= 0.3 is 5.97 Å². The molecule has 9 nitrogen and oxygen atoms in total. The van der Waals surface area contributed by atoms with E-state index in [4.69, 9.17) is 26.5 Å². The van der Waals surface area contributed by atoms with E-state index in [1.54, 1.807) is 25.4 Å². The summed E-state index contributed by atoms with van der Waals surface area (Å²) in [7, 11) is 0. The minimum Gasteiger partial charge on any atom is -0.462 e. The van der Waals surface area contributed by atoms with Gasteiger partial charge in [0.1, 0.15) is 16.9 Å². The van der Waals surface area contributed by atoms with Crippen LogP contribution in [0.25, 0.3) is 5.69 Å². The number of rotatable bonds is 8. The second-order valence-electron chi connectivity index (χ2n) is 6.62. The van der Waals surface area contributed by atoms with Crippen molar-refractivity contribution in [3.8, 4) is 5.69 Å². The van der Waals surface area contributed by atoms with Crippen LogP contribution < -0.4 is 11.1 Å². The Hall–Kier alpha value is -3.24. The van der Waals surface area contributed by atoms with Crippen molar-refractivity contribution in [1.29, 1.82) is 0 Å². The van der Waals surface area contributed by atoms with Crippen LogP contribution in [0, 0.1) is 13.8 Å². The Morgan fingerprint density at radius 3 is 2.72 bits per heavy atom. The molecule has 11 heteroatoms. The number of carbonyl (C=O) groups is 3. The Morgan fingerprint density at radius 2 is 2.03 bits per heavy atom. The SMILES string of the molecule is CCOC(=O)c1c(C)oc(NC(=O)CSc2nccn2-c2cccc(Cl)c2C)c1C(N)=O. The normalized spacial score (nSPS) is 10.8. The molecular weight excluding hydrogens is 456 g/mol. The van der Waals surface area contributed by atoms with E-state index >= 15 is 0 Å². The molecule has 0 saturated heterocycles. The number of nitrogens with two attached hydrogens (primary N) is 1. The van der Waals surface area contributed by atoms with Gasteiger partial charge in [0.2, 0.25) is 11.8 Å². The molecule has 0 spiro atoms. The fourth-order valence-electron chi connectivity index (χ4n) is 3.05. The predicted molar refractivity (Wildman–Crippen MR) is 121 cm³/mol. The molecule has 0 radical (unpaired) electrons. The fraction of sp³-hybridized carbons (Fsp3) is 0.238. The van der Waals surface area contributed by atoms with Crippen molar-refractivity contribution >= 4 is 47.0 Å². The zero-order valence-corrected chi connectivity index (χ0v) is 19.2. The van der Waals surface area contributed by atoms with Crippen LogP contribution in [0.3, 0.4) is 0 Å². The Bertz CT molecular complexity index is 1190. The first-order valence-electron chi connectivity index (χ1n) is 9.56. The van der Waals surface area contributed by atoms with Crippen LogP contribution in [0.15, 0.2) is 40.2 Å². The van der Waals surface area contributed by atoms with Gasteiger partial charge in [0, 0.05) is 17.4 Å². The van der Waals surface area contributed by atoms with Gasteiger partial charge in [-0.3, -0.25) is 19.5 Å². The largest absolute Gasteiger partial charge is 0.462 e. The topological polar surface area (TPSA) is 129 Å². The van der Waals surface area contributed by atoms with E-state index in [1.807, 2.05) is 23.6 Å². The Labute approximate surface area is 193 Å². The molecule has 2 aromatic heterocycles. The standard InChI is InChI=1S/C21H21ClN4O5S/c1-4-30-20(29)16-12(3)31-19(17(16)18(23)28)25-15(27)10-32-21-24-8-9-26(21)14-7-5-6-13(22)11(14)2/h5-9H,4,10H2,1-3H3,(H2,23,28)(H,25,27). The quantitative estimate of drug-likeness (QED) is 0.374. The zero-order chi connectivity index (χ0) is 23.4. The second kappa shape index (κ2) is 9.92. The first-order valence-corrected chi connectivity index (χ1v) is 10.9. The predicted octanol–water partition coefficient (Wildman–Crippen LogP) is 3.74. The average Bonchev–Trinajstić information content (AvgIpc) is 3.32. The summed E-state index contributed by atoms with van der Waals surface area (Å²) in [5.41, 5.74) is 6.80. The van der Waals surface area contributed by atoms with Crippen LogP contribution in [-0.2, 0) is 9.53 Å². The zero-order valence-electron chi connectivity index (χ0n) is 17.6. The third-order valence-corrected chi connectivity index (χ3v) is 5.88. The summed E-state index contributed by atoms with van der Waals surface area (Å²) < 4.78 is 12.2. The van der Waals surface area contributed by atoms with Gasteiger partial charge in [0.15, 0.2) is 5.16 Å². The van der Waals surface area contributed by atoms with Crippen LogP contribution in [0.2, 0.25) is 5.02 Å². The lowest BCUT2D eigenvalue weighted by Gasteiger charge is -2.11. The minimum atomic E-state index is -0.917. The summed E-state index contributed by atoms with van der Waals surface area (Å²) in [5.74, 6) is -2.26. The van der Waals surface area contributed by atoms with Crippen molar-refractivity contribution in [1.82, 2.24) is 9.55 Å². The van der Waals surface area contributed by atoms with E-state index in [9.17, 15) is 14.4 Å². The number of anilines is 1.